The van der Waals surface area contributed by atoms with Crippen molar-refractivity contribution >= 4 is 23.5 Å². The molecule has 0 spiro atoms. The second-order valence-electron chi connectivity index (χ2n) is 6.14. The summed E-state index contributed by atoms with van der Waals surface area (Å²) in [5.41, 5.74) is 0.291. The Kier molecular flexibility index (Phi) is 3.54. The highest BCUT2D eigenvalue weighted by Gasteiger charge is 2.43. The first kappa shape index (κ1) is 15.9. The molecule has 4 rings (SSSR count). The lowest BCUT2D eigenvalue weighted by molar-refractivity contribution is -0.123. The molecule has 1 atom stereocenters. The van der Waals surface area contributed by atoms with Crippen molar-refractivity contribution in [2.75, 3.05) is 12.1 Å². The fourth-order valence-corrected chi connectivity index (χ4v) is 2.90. The number of rotatable bonds is 3. The quantitative estimate of drug-likeness (QED) is 0.729. The van der Waals surface area contributed by atoms with Crippen molar-refractivity contribution in [1.29, 1.82) is 0 Å². The molecule has 2 aliphatic rings. The molecule has 8 nitrogen and oxygen atoms in total. The SMILES string of the molecule is C[C@@]1(c2cccc(NC(=O)c3ccc4c(c3)OCO4)c2)NC(=O)NC1=O. The van der Waals surface area contributed by atoms with Crippen LogP contribution in [0.15, 0.2) is 42.5 Å². The first-order valence-corrected chi connectivity index (χ1v) is 7.91. The molecular formula is C18H15N3O5. The van der Waals surface area contributed by atoms with Crippen LogP contribution in [0.4, 0.5) is 10.5 Å². The van der Waals surface area contributed by atoms with Crippen LogP contribution in [-0.2, 0) is 10.3 Å². The standard InChI is InChI=1S/C18H15N3O5/c1-18(16(23)20-17(24)21-18)11-3-2-4-12(8-11)19-15(22)10-5-6-13-14(7-10)26-9-25-13/h2-8H,9H2,1H3,(H,19,22)(H2,20,21,23,24)/t18-/m0/s1. The Morgan fingerprint density at radius 1 is 1.12 bits per heavy atom. The van der Waals surface area contributed by atoms with Gasteiger partial charge >= 0.3 is 6.03 Å². The molecule has 0 aromatic heterocycles. The average Bonchev–Trinajstić information content (AvgIpc) is 3.19. The van der Waals surface area contributed by atoms with Crippen molar-refractivity contribution in [3.8, 4) is 11.5 Å². The number of carbonyl (C=O) groups excluding carboxylic acids is 3. The monoisotopic (exact) mass is 353 g/mol. The molecule has 3 N–H and O–H groups in total. The van der Waals surface area contributed by atoms with Crippen LogP contribution in [0.25, 0.3) is 0 Å². The predicted octanol–water partition coefficient (Wildman–Crippen LogP) is 1.72. The summed E-state index contributed by atoms with van der Waals surface area (Å²) in [6.45, 7) is 1.74. The van der Waals surface area contributed by atoms with Crippen molar-refractivity contribution in [3.63, 3.8) is 0 Å². The smallest absolute Gasteiger partial charge is 0.322 e. The first-order chi connectivity index (χ1) is 12.5. The molecule has 0 radical (unpaired) electrons. The molecule has 2 aromatic rings. The van der Waals surface area contributed by atoms with E-state index < -0.39 is 17.5 Å². The summed E-state index contributed by atoms with van der Waals surface area (Å²) < 4.78 is 10.5. The number of amides is 4. The summed E-state index contributed by atoms with van der Waals surface area (Å²) in [7, 11) is 0. The lowest BCUT2D eigenvalue weighted by atomic mass is 9.92. The Hall–Kier alpha value is -3.55. The van der Waals surface area contributed by atoms with Gasteiger partial charge in [0.25, 0.3) is 11.8 Å². The summed E-state index contributed by atoms with van der Waals surface area (Å²) in [5, 5.41) is 7.58. The zero-order valence-electron chi connectivity index (χ0n) is 13.8. The Morgan fingerprint density at radius 2 is 1.92 bits per heavy atom. The normalized spacial score (nSPS) is 20.5. The van der Waals surface area contributed by atoms with Crippen LogP contribution >= 0.6 is 0 Å². The van der Waals surface area contributed by atoms with Gasteiger partial charge in [-0.05, 0) is 42.8 Å². The molecule has 0 unspecified atom stereocenters. The number of ether oxygens (including phenoxy) is 2. The van der Waals surface area contributed by atoms with E-state index in [0.29, 0.717) is 28.3 Å². The van der Waals surface area contributed by atoms with E-state index in [1.54, 1.807) is 49.4 Å². The second kappa shape index (κ2) is 5.76. The van der Waals surface area contributed by atoms with Gasteiger partial charge in [-0.3, -0.25) is 14.9 Å². The zero-order valence-corrected chi connectivity index (χ0v) is 13.8. The number of hydrogen-bond acceptors (Lipinski definition) is 5. The average molecular weight is 353 g/mol. The molecule has 2 heterocycles. The van der Waals surface area contributed by atoms with E-state index in [2.05, 4.69) is 16.0 Å². The van der Waals surface area contributed by atoms with Crippen molar-refractivity contribution in [1.82, 2.24) is 10.6 Å². The molecule has 26 heavy (non-hydrogen) atoms. The van der Waals surface area contributed by atoms with Crippen molar-refractivity contribution < 1.29 is 23.9 Å². The number of imide groups is 1. The third-order valence-electron chi connectivity index (χ3n) is 4.38. The minimum Gasteiger partial charge on any atom is -0.454 e. The van der Waals surface area contributed by atoms with E-state index in [1.165, 1.54) is 0 Å². The van der Waals surface area contributed by atoms with Crippen molar-refractivity contribution in [2.45, 2.75) is 12.5 Å². The molecule has 8 heteroatoms. The van der Waals surface area contributed by atoms with Gasteiger partial charge in [0.15, 0.2) is 11.5 Å². The van der Waals surface area contributed by atoms with Gasteiger partial charge in [-0.25, -0.2) is 4.79 Å². The van der Waals surface area contributed by atoms with Crippen LogP contribution in [0.2, 0.25) is 0 Å². The number of nitrogens with one attached hydrogen (secondary N) is 3. The van der Waals surface area contributed by atoms with Gasteiger partial charge < -0.3 is 20.1 Å². The minimum atomic E-state index is -1.18. The van der Waals surface area contributed by atoms with Crippen LogP contribution in [-0.4, -0.2) is 24.6 Å². The molecule has 1 saturated heterocycles. The summed E-state index contributed by atoms with van der Waals surface area (Å²) in [5.74, 6) is 0.343. The fraction of sp³-hybridized carbons (Fsp3) is 0.167. The number of anilines is 1. The topological polar surface area (TPSA) is 106 Å². The summed E-state index contributed by atoms with van der Waals surface area (Å²) >= 11 is 0. The Morgan fingerprint density at radius 3 is 2.69 bits per heavy atom. The zero-order chi connectivity index (χ0) is 18.3. The van der Waals surface area contributed by atoms with Crippen LogP contribution < -0.4 is 25.4 Å². The van der Waals surface area contributed by atoms with E-state index in [0.717, 1.165) is 0 Å². The molecule has 0 saturated carbocycles. The summed E-state index contributed by atoms with van der Waals surface area (Å²) in [4.78, 5) is 36.0. The summed E-state index contributed by atoms with van der Waals surface area (Å²) in [6, 6.07) is 11.1. The van der Waals surface area contributed by atoms with Crippen LogP contribution in [0.1, 0.15) is 22.8 Å². The van der Waals surface area contributed by atoms with Gasteiger partial charge in [0.1, 0.15) is 5.54 Å². The lowest BCUT2D eigenvalue weighted by Gasteiger charge is -2.21. The van der Waals surface area contributed by atoms with Crippen LogP contribution in [0.5, 0.6) is 11.5 Å². The van der Waals surface area contributed by atoms with E-state index in [1.807, 2.05) is 0 Å². The van der Waals surface area contributed by atoms with Crippen molar-refractivity contribution in [2.24, 2.45) is 0 Å². The lowest BCUT2D eigenvalue weighted by Crippen LogP contribution is -2.40. The largest absolute Gasteiger partial charge is 0.454 e. The highest BCUT2D eigenvalue weighted by atomic mass is 16.7. The number of hydrogen-bond donors (Lipinski definition) is 3. The molecule has 132 valence electrons. The molecule has 4 amide bonds. The fourth-order valence-electron chi connectivity index (χ4n) is 2.90. The molecule has 0 aliphatic carbocycles. The molecule has 2 aliphatic heterocycles. The van der Waals surface area contributed by atoms with E-state index in [9.17, 15) is 14.4 Å². The van der Waals surface area contributed by atoms with Gasteiger partial charge in [-0.1, -0.05) is 12.1 Å². The van der Waals surface area contributed by atoms with E-state index in [4.69, 9.17) is 9.47 Å². The highest BCUT2D eigenvalue weighted by molar-refractivity contribution is 6.08. The highest BCUT2D eigenvalue weighted by Crippen LogP contribution is 2.33. The first-order valence-electron chi connectivity index (χ1n) is 7.91. The van der Waals surface area contributed by atoms with Gasteiger partial charge in [-0.15, -0.1) is 0 Å². The summed E-state index contributed by atoms with van der Waals surface area (Å²) in [6.07, 6.45) is 0. The number of urea groups is 1. The molecule has 0 bridgehead atoms. The van der Waals surface area contributed by atoms with Crippen LogP contribution in [0.3, 0.4) is 0 Å². The van der Waals surface area contributed by atoms with Gasteiger partial charge in [0.05, 0.1) is 0 Å². The molecular weight excluding hydrogens is 338 g/mol. The molecule has 2 aromatic carbocycles. The third kappa shape index (κ3) is 2.61. The Labute approximate surface area is 148 Å². The van der Waals surface area contributed by atoms with E-state index in [-0.39, 0.29) is 12.7 Å². The van der Waals surface area contributed by atoms with Gasteiger partial charge in [-0.2, -0.15) is 0 Å². The predicted molar refractivity (Wildman–Crippen MR) is 91.0 cm³/mol. The number of benzene rings is 2. The Bertz CT molecular complexity index is 942. The van der Waals surface area contributed by atoms with Gasteiger partial charge in [0.2, 0.25) is 6.79 Å². The molecule has 1 fully saturated rings. The number of fused-ring (bicyclic) bond motifs is 1. The Balaban J connectivity index is 1.57. The van der Waals surface area contributed by atoms with Gasteiger partial charge in [0, 0.05) is 11.3 Å². The van der Waals surface area contributed by atoms with E-state index >= 15 is 0 Å². The maximum absolute atomic E-state index is 12.5. The van der Waals surface area contributed by atoms with Crippen molar-refractivity contribution in [3.05, 3.63) is 53.6 Å². The minimum absolute atomic E-state index is 0.134. The van der Waals surface area contributed by atoms with Crippen LogP contribution in [0, 0.1) is 0 Å². The maximum atomic E-state index is 12.5. The number of carbonyl (C=O) groups is 3. The second-order valence-corrected chi connectivity index (χ2v) is 6.14. The third-order valence-corrected chi connectivity index (χ3v) is 4.38. The maximum Gasteiger partial charge on any atom is 0.322 e.